The molecular weight excluding hydrogens is 252 g/mol. The van der Waals surface area contributed by atoms with Crippen LogP contribution < -0.4 is 10.4 Å². The molecule has 2 aromatic rings. The topological polar surface area (TPSA) is 9.23 Å². The molecular formula is C15H20OSi2. The van der Waals surface area contributed by atoms with E-state index in [1.54, 1.807) is 0 Å². The molecule has 0 aliphatic rings. The molecule has 0 spiro atoms. The van der Waals surface area contributed by atoms with Crippen LogP contribution in [-0.4, -0.2) is 17.4 Å². The minimum atomic E-state index is -1.52. The molecule has 0 aromatic heterocycles. The molecule has 0 aliphatic heterocycles. The van der Waals surface area contributed by atoms with E-state index < -0.39 is 17.4 Å². The van der Waals surface area contributed by atoms with Gasteiger partial charge in [-0.3, -0.25) is 0 Å². The van der Waals surface area contributed by atoms with Crippen molar-refractivity contribution in [3.8, 4) is 0 Å². The second kappa shape index (κ2) is 5.65. The molecule has 94 valence electrons. The summed E-state index contributed by atoms with van der Waals surface area (Å²) in [6, 6.07) is 21.3. The van der Waals surface area contributed by atoms with E-state index in [0.29, 0.717) is 0 Å². The van der Waals surface area contributed by atoms with Gasteiger partial charge in [0, 0.05) is 0 Å². The molecule has 3 heteroatoms. The summed E-state index contributed by atoms with van der Waals surface area (Å²) in [5.41, 5.74) is 0. The van der Waals surface area contributed by atoms with Gasteiger partial charge in [0.2, 0.25) is 9.04 Å². The Balaban J connectivity index is 2.36. The maximum Gasteiger partial charge on any atom is 0.228 e. The van der Waals surface area contributed by atoms with Crippen molar-refractivity contribution in [3.05, 3.63) is 60.7 Å². The predicted molar refractivity (Wildman–Crippen MR) is 83.7 cm³/mol. The summed E-state index contributed by atoms with van der Waals surface area (Å²) >= 11 is 0. The second-order valence-electron chi connectivity index (χ2n) is 5.43. The molecule has 0 saturated carbocycles. The molecule has 0 heterocycles. The van der Waals surface area contributed by atoms with Crippen molar-refractivity contribution in [2.24, 2.45) is 0 Å². The monoisotopic (exact) mass is 272 g/mol. The van der Waals surface area contributed by atoms with Gasteiger partial charge in [-0.2, -0.15) is 0 Å². The quantitative estimate of drug-likeness (QED) is 0.777. The largest absolute Gasteiger partial charge is 0.451 e. The van der Waals surface area contributed by atoms with Gasteiger partial charge in [0.25, 0.3) is 0 Å². The summed E-state index contributed by atoms with van der Waals surface area (Å²) in [7, 11) is -3.04. The molecule has 1 nitrogen and oxygen atoms in total. The number of rotatable bonds is 4. The maximum absolute atomic E-state index is 6.49. The molecule has 0 saturated heterocycles. The lowest BCUT2D eigenvalue weighted by atomic mass is 10.4. The van der Waals surface area contributed by atoms with Gasteiger partial charge in [-0.25, -0.2) is 0 Å². The molecule has 0 aliphatic carbocycles. The summed E-state index contributed by atoms with van der Waals surface area (Å²) < 4.78 is 6.49. The maximum atomic E-state index is 6.49. The normalized spacial score (nSPS) is 11.8. The zero-order chi connectivity index (χ0) is 13.0. The Kier molecular flexibility index (Phi) is 4.16. The van der Waals surface area contributed by atoms with Gasteiger partial charge < -0.3 is 4.12 Å². The zero-order valence-electron chi connectivity index (χ0n) is 11.3. The molecule has 0 N–H and O–H groups in total. The van der Waals surface area contributed by atoms with Crippen molar-refractivity contribution in [1.82, 2.24) is 0 Å². The predicted octanol–water partition coefficient (Wildman–Crippen LogP) is 2.38. The molecule has 0 atom stereocenters. The highest BCUT2D eigenvalue weighted by atomic mass is 28.4. The van der Waals surface area contributed by atoms with E-state index in [1.165, 1.54) is 10.4 Å². The van der Waals surface area contributed by atoms with Crippen molar-refractivity contribution in [2.75, 3.05) is 0 Å². The third kappa shape index (κ3) is 3.66. The molecule has 0 bridgehead atoms. The second-order valence-corrected chi connectivity index (χ2v) is 12.7. The van der Waals surface area contributed by atoms with Crippen LogP contribution in [-0.2, 0) is 4.12 Å². The molecule has 0 fully saturated rings. The first-order valence-electron chi connectivity index (χ1n) is 6.34. The lowest BCUT2D eigenvalue weighted by Crippen LogP contribution is -2.50. The van der Waals surface area contributed by atoms with Gasteiger partial charge in [0.05, 0.1) is 0 Å². The molecule has 0 amide bonds. The van der Waals surface area contributed by atoms with Gasteiger partial charge in [0.15, 0.2) is 8.32 Å². The zero-order valence-corrected chi connectivity index (χ0v) is 13.4. The third-order valence-electron chi connectivity index (χ3n) is 2.68. The van der Waals surface area contributed by atoms with Crippen LogP contribution in [0.3, 0.4) is 0 Å². The summed E-state index contributed by atoms with van der Waals surface area (Å²) in [6.07, 6.45) is 0. The SMILES string of the molecule is C[Si](C)(C)O[SiH](c1ccccc1)c1ccccc1. The molecule has 0 unspecified atom stereocenters. The average Bonchev–Trinajstić information content (AvgIpc) is 2.37. The summed E-state index contributed by atoms with van der Waals surface area (Å²) in [5, 5.41) is 2.73. The minimum absolute atomic E-state index is 1.37. The first kappa shape index (κ1) is 13.3. The third-order valence-corrected chi connectivity index (χ3v) is 8.43. The minimum Gasteiger partial charge on any atom is -0.451 e. The van der Waals surface area contributed by atoms with E-state index in [9.17, 15) is 0 Å². The Morgan fingerprint density at radius 3 is 1.44 bits per heavy atom. The molecule has 18 heavy (non-hydrogen) atoms. The fourth-order valence-corrected chi connectivity index (χ4v) is 7.38. The highest BCUT2D eigenvalue weighted by molar-refractivity contribution is 6.88. The highest BCUT2D eigenvalue weighted by Gasteiger charge is 2.25. The van der Waals surface area contributed by atoms with E-state index in [2.05, 4.69) is 80.3 Å². The van der Waals surface area contributed by atoms with Gasteiger partial charge in [0.1, 0.15) is 0 Å². The summed E-state index contributed by atoms with van der Waals surface area (Å²) in [4.78, 5) is 0. The fraction of sp³-hybridized carbons (Fsp3) is 0.200. The van der Waals surface area contributed by atoms with Crippen LogP contribution in [0.15, 0.2) is 60.7 Å². The van der Waals surface area contributed by atoms with Crippen molar-refractivity contribution in [2.45, 2.75) is 19.6 Å². The van der Waals surface area contributed by atoms with Gasteiger partial charge in [-0.05, 0) is 30.0 Å². The van der Waals surface area contributed by atoms with Crippen LogP contribution in [0.1, 0.15) is 0 Å². The Labute approximate surface area is 112 Å². The lowest BCUT2D eigenvalue weighted by molar-refractivity contribution is 0.594. The first-order chi connectivity index (χ1) is 8.56. The first-order valence-corrected chi connectivity index (χ1v) is 11.4. The van der Waals surface area contributed by atoms with Crippen LogP contribution in [0.25, 0.3) is 0 Å². The average molecular weight is 272 g/mol. The summed E-state index contributed by atoms with van der Waals surface area (Å²) in [5.74, 6) is 0. The highest BCUT2D eigenvalue weighted by Crippen LogP contribution is 2.06. The number of hydrogen-bond acceptors (Lipinski definition) is 1. The van der Waals surface area contributed by atoms with Gasteiger partial charge in [-0.1, -0.05) is 60.7 Å². The molecule has 2 aromatic carbocycles. The van der Waals surface area contributed by atoms with Crippen LogP contribution in [0.2, 0.25) is 19.6 Å². The van der Waals surface area contributed by atoms with E-state index in [1.807, 2.05) is 0 Å². The molecule has 2 rings (SSSR count). The van der Waals surface area contributed by atoms with Crippen molar-refractivity contribution < 1.29 is 4.12 Å². The van der Waals surface area contributed by atoms with E-state index in [0.717, 1.165) is 0 Å². The smallest absolute Gasteiger partial charge is 0.228 e. The fourth-order valence-electron chi connectivity index (χ4n) is 1.94. The van der Waals surface area contributed by atoms with Crippen molar-refractivity contribution in [1.29, 1.82) is 0 Å². The Morgan fingerprint density at radius 1 is 0.722 bits per heavy atom. The Hall–Kier alpha value is -1.17. The van der Waals surface area contributed by atoms with Crippen molar-refractivity contribution >= 4 is 27.7 Å². The standard InChI is InChI=1S/C15H20OSi2/c1-18(2,3)16-17(14-10-6-4-7-11-14)15-12-8-5-9-13-15/h4-13,17H,1-3H3. The Bertz CT molecular complexity index is 437. The Morgan fingerprint density at radius 2 is 1.11 bits per heavy atom. The van der Waals surface area contributed by atoms with E-state index >= 15 is 0 Å². The van der Waals surface area contributed by atoms with E-state index in [4.69, 9.17) is 4.12 Å². The van der Waals surface area contributed by atoms with Crippen LogP contribution in [0.4, 0.5) is 0 Å². The van der Waals surface area contributed by atoms with Crippen LogP contribution >= 0.6 is 0 Å². The lowest BCUT2D eigenvalue weighted by Gasteiger charge is -2.26. The molecule has 0 radical (unpaired) electrons. The van der Waals surface area contributed by atoms with Gasteiger partial charge >= 0.3 is 0 Å². The number of benzene rings is 2. The van der Waals surface area contributed by atoms with E-state index in [-0.39, 0.29) is 0 Å². The van der Waals surface area contributed by atoms with Gasteiger partial charge in [-0.15, -0.1) is 0 Å². The summed E-state index contributed by atoms with van der Waals surface area (Å²) in [6.45, 7) is 6.79. The number of hydrogen-bond donors (Lipinski definition) is 0. The van der Waals surface area contributed by atoms with Crippen molar-refractivity contribution in [3.63, 3.8) is 0 Å². The van der Waals surface area contributed by atoms with Crippen LogP contribution in [0, 0.1) is 0 Å². The van der Waals surface area contributed by atoms with Crippen LogP contribution in [0.5, 0.6) is 0 Å².